The third-order valence-electron chi connectivity index (χ3n) is 10.1. The van der Waals surface area contributed by atoms with Crippen LogP contribution >= 0.6 is 0 Å². The topological polar surface area (TPSA) is 34.1 Å². The Morgan fingerprint density at radius 3 is 1.02 bits per heavy atom. The van der Waals surface area contributed by atoms with E-state index in [4.69, 9.17) is 0 Å². The van der Waals surface area contributed by atoms with Gasteiger partial charge in [-0.05, 0) is 87.9 Å². The SMILES string of the molecule is O=C(/C=C/c1ccc2ccc3cccc4ccc1c2c34)c1ccccc1.O=C(/C=C/c1ccc2ccc3cccc4ccc1c2c34)c1ccccc1. The van der Waals surface area contributed by atoms with Gasteiger partial charge in [0, 0.05) is 11.1 Å². The number of carbonyl (C=O) groups excluding carboxylic acids is 2. The highest BCUT2D eigenvalue weighted by atomic mass is 16.1. The molecule has 0 N–H and O–H groups in total. The number of benzene rings is 10. The Morgan fingerprint density at radius 1 is 0.308 bits per heavy atom. The van der Waals surface area contributed by atoms with Crippen molar-refractivity contribution in [2.75, 3.05) is 0 Å². The maximum atomic E-state index is 12.4. The van der Waals surface area contributed by atoms with Crippen molar-refractivity contribution in [2.45, 2.75) is 0 Å². The Labute approximate surface area is 301 Å². The van der Waals surface area contributed by atoms with Crippen LogP contribution in [0.25, 0.3) is 76.8 Å². The molecule has 10 aromatic rings. The molecule has 244 valence electrons. The van der Waals surface area contributed by atoms with Gasteiger partial charge in [0.05, 0.1) is 0 Å². The van der Waals surface area contributed by atoms with E-state index >= 15 is 0 Å². The van der Waals surface area contributed by atoms with Crippen LogP contribution in [0.2, 0.25) is 0 Å². The lowest BCUT2D eigenvalue weighted by molar-refractivity contribution is 0.103. The van der Waals surface area contributed by atoms with Crippen molar-refractivity contribution in [2.24, 2.45) is 0 Å². The summed E-state index contributed by atoms with van der Waals surface area (Å²) in [5, 5.41) is 15.0. The van der Waals surface area contributed by atoms with Gasteiger partial charge in [0.2, 0.25) is 0 Å². The zero-order chi connectivity index (χ0) is 35.0. The van der Waals surface area contributed by atoms with Crippen LogP contribution in [-0.2, 0) is 0 Å². The highest BCUT2D eigenvalue weighted by Crippen LogP contribution is 2.37. The van der Waals surface area contributed by atoms with E-state index in [1.165, 1.54) is 64.6 Å². The molecule has 0 unspecified atom stereocenters. The third kappa shape index (κ3) is 5.57. The normalized spacial score (nSPS) is 11.8. The average Bonchev–Trinajstić information content (AvgIpc) is 3.21. The predicted octanol–water partition coefficient (Wildman–Crippen LogP) is 13.0. The van der Waals surface area contributed by atoms with E-state index < -0.39 is 0 Å². The maximum Gasteiger partial charge on any atom is 0.185 e. The summed E-state index contributed by atoms with van der Waals surface area (Å²) in [6.07, 6.45) is 7.20. The first-order valence-electron chi connectivity index (χ1n) is 17.5. The molecule has 0 atom stereocenters. The van der Waals surface area contributed by atoms with E-state index in [9.17, 15) is 9.59 Å². The molecule has 0 heterocycles. The number of carbonyl (C=O) groups is 2. The van der Waals surface area contributed by atoms with Crippen LogP contribution in [-0.4, -0.2) is 11.6 Å². The Balaban J connectivity index is 0.000000138. The van der Waals surface area contributed by atoms with Gasteiger partial charge < -0.3 is 0 Å². The molecular formula is C50H32O2. The molecule has 2 heteroatoms. The lowest BCUT2D eigenvalue weighted by Gasteiger charge is -2.12. The van der Waals surface area contributed by atoms with E-state index in [0.717, 1.165) is 11.1 Å². The summed E-state index contributed by atoms with van der Waals surface area (Å²) in [5.74, 6) is 0.0487. The van der Waals surface area contributed by atoms with Gasteiger partial charge in [0.15, 0.2) is 11.6 Å². The highest BCUT2D eigenvalue weighted by Gasteiger charge is 2.11. The van der Waals surface area contributed by atoms with E-state index in [-0.39, 0.29) is 11.6 Å². The lowest BCUT2D eigenvalue weighted by Crippen LogP contribution is -1.93. The smallest absolute Gasteiger partial charge is 0.185 e. The molecule has 0 radical (unpaired) electrons. The second-order valence-corrected chi connectivity index (χ2v) is 13.1. The lowest BCUT2D eigenvalue weighted by atomic mass is 9.92. The highest BCUT2D eigenvalue weighted by molar-refractivity contribution is 6.25. The van der Waals surface area contributed by atoms with Crippen molar-refractivity contribution in [3.63, 3.8) is 0 Å². The molecule has 0 aliphatic rings. The van der Waals surface area contributed by atoms with Crippen LogP contribution in [0.1, 0.15) is 31.8 Å². The largest absolute Gasteiger partial charge is 0.289 e. The standard InChI is InChI=1S/2C25H16O/c2*26-23(18-5-2-1-3-6-18)16-14-17-9-10-21-12-11-19-7-4-8-20-13-15-22(17)25(21)24(19)20/h2*1-16H/b2*16-14+. The molecule has 2 nitrogen and oxygen atoms in total. The van der Waals surface area contributed by atoms with Gasteiger partial charge in [0.25, 0.3) is 0 Å². The fraction of sp³-hybridized carbons (Fsp3) is 0. The molecule has 10 aromatic carbocycles. The molecule has 0 amide bonds. The number of hydrogen-bond acceptors (Lipinski definition) is 2. The van der Waals surface area contributed by atoms with Crippen LogP contribution in [0, 0.1) is 0 Å². The summed E-state index contributed by atoms with van der Waals surface area (Å²) in [5.41, 5.74) is 3.56. The molecule has 0 aliphatic carbocycles. The summed E-state index contributed by atoms with van der Waals surface area (Å²) in [6.45, 7) is 0. The fourth-order valence-corrected chi connectivity index (χ4v) is 7.53. The minimum Gasteiger partial charge on any atom is -0.289 e. The van der Waals surface area contributed by atoms with Gasteiger partial charge in [0.1, 0.15) is 0 Å². The maximum absolute atomic E-state index is 12.4. The van der Waals surface area contributed by atoms with E-state index in [1.807, 2.05) is 72.8 Å². The Bertz CT molecular complexity index is 2730. The van der Waals surface area contributed by atoms with Crippen molar-refractivity contribution in [3.05, 3.63) is 204 Å². The molecule has 0 bridgehead atoms. The molecule has 0 saturated carbocycles. The minimum absolute atomic E-state index is 0.0243. The molecule has 0 aromatic heterocycles. The van der Waals surface area contributed by atoms with Crippen molar-refractivity contribution in [1.29, 1.82) is 0 Å². The van der Waals surface area contributed by atoms with Gasteiger partial charge in [-0.1, -0.05) is 182 Å². The Kier molecular flexibility index (Phi) is 7.83. The first-order valence-corrected chi connectivity index (χ1v) is 17.5. The molecule has 10 rings (SSSR count). The van der Waals surface area contributed by atoms with E-state index in [1.54, 1.807) is 12.2 Å². The molecule has 0 spiro atoms. The number of rotatable bonds is 6. The predicted molar refractivity (Wildman–Crippen MR) is 220 cm³/mol. The zero-order valence-electron chi connectivity index (χ0n) is 28.3. The van der Waals surface area contributed by atoms with Gasteiger partial charge >= 0.3 is 0 Å². The van der Waals surface area contributed by atoms with Crippen LogP contribution in [0.4, 0.5) is 0 Å². The second kappa shape index (κ2) is 13.1. The summed E-state index contributed by atoms with van der Waals surface area (Å²) in [6, 6.07) is 57.4. The van der Waals surface area contributed by atoms with Crippen molar-refractivity contribution in [3.8, 4) is 0 Å². The van der Waals surface area contributed by atoms with Crippen molar-refractivity contribution >= 4 is 88.4 Å². The quantitative estimate of drug-likeness (QED) is 0.101. The van der Waals surface area contributed by atoms with Gasteiger partial charge in [-0.15, -0.1) is 0 Å². The number of ketones is 2. The first kappa shape index (κ1) is 31.1. The summed E-state index contributed by atoms with van der Waals surface area (Å²) >= 11 is 0. The Hall–Kier alpha value is -6.90. The molecule has 0 saturated heterocycles. The molecule has 0 fully saturated rings. The van der Waals surface area contributed by atoms with E-state index in [2.05, 4.69) is 109 Å². The van der Waals surface area contributed by atoms with Crippen molar-refractivity contribution < 1.29 is 9.59 Å². The summed E-state index contributed by atoms with van der Waals surface area (Å²) in [7, 11) is 0. The number of hydrogen-bond donors (Lipinski definition) is 0. The van der Waals surface area contributed by atoms with Crippen LogP contribution in [0.5, 0.6) is 0 Å². The van der Waals surface area contributed by atoms with Crippen LogP contribution < -0.4 is 0 Å². The van der Waals surface area contributed by atoms with Gasteiger partial charge in [-0.25, -0.2) is 0 Å². The van der Waals surface area contributed by atoms with Crippen LogP contribution in [0.3, 0.4) is 0 Å². The van der Waals surface area contributed by atoms with E-state index in [0.29, 0.717) is 11.1 Å². The monoisotopic (exact) mass is 664 g/mol. The first-order chi connectivity index (χ1) is 25.6. The van der Waals surface area contributed by atoms with Crippen molar-refractivity contribution in [1.82, 2.24) is 0 Å². The zero-order valence-corrected chi connectivity index (χ0v) is 28.3. The minimum atomic E-state index is 0.0243. The fourth-order valence-electron chi connectivity index (χ4n) is 7.53. The number of allylic oxidation sites excluding steroid dienone is 2. The van der Waals surface area contributed by atoms with Gasteiger partial charge in [-0.3, -0.25) is 9.59 Å². The average molecular weight is 665 g/mol. The van der Waals surface area contributed by atoms with Crippen LogP contribution in [0.15, 0.2) is 182 Å². The summed E-state index contributed by atoms with van der Waals surface area (Å²) in [4.78, 5) is 24.8. The molecule has 0 aliphatic heterocycles. The van der Waals surface area contributed by atoms with Gasteiger partial charge in [-0.2, -0.15) is 0 Å². The third-order valence-corrected chi connectivity index (χ3v) is 10.1. The molecule has 52 heavy (non-hydrogen) atoms. The molecular weight excluding hydrogens is 633 g/mol. The Morgan fingerprint density at radius 2 is 0.635 bits per heavy atom. The summed E-state index contributed by atoms with van der Waals surface area (Å²) < 4.78 is 0. The second-order valence-electron chi connectivity index (χ2n) is 13.1.